The maximum Gasteiger partial charge on any atom is 0.251 e. The summed E-state index contributed by atoms with van der Waals surface area (Å²) >= 11 is 0. The quantitative estimate of drug-likeness (QED) is 0.873. The Kier molecular flexibility index (Phi) is 3.53. The van der Waals surface area contributed by atoms with Gasteiger partial charge in [0.15, 0.2) is 0 Å². The number of pyridine rings is 1. The molecule has 3 heteroatoms. The van der Waals surface area contributed by atoms with Gasteiger partial charge in [-0.25, -0.2) is 0 Å². The lowest BCUT2D eigenvalue weighted by Gasteiger charge is -2.15. The molecule has 0 aliphatic heterocycles. The average Bonchev–Trinajstić information content (AvgIpc) is 2.36. The van der Waals surface area contributed by atoms with Crippen molar-refractivity contribution in [2.75, 3.05) is 0 Å². The number of rotatable bonds is 3. The van der Waals surface area contributed by atoms with Crippen LogP contribution < -0.4 is 5.56 Å². The first-order valence-corrected chi connectivity index (χ1v) is 6.37. The molecule has 0 amide bonds. The highest BCUT2D eigenvalue weighted by Crippen LogP contribution is 2.24. The number of hydrogen-bond acceptors (Lipinski definition) is 2. The van der Waals surface area contributed by atoms with Gasteiger partial charge in [-0.1, -0.05) is 32.9 Å². The molecule has 0 fully saturated rings. The van der Waals surface area contributed by atoms with E-state index in [9.17, 15) is 9.90 Å². The lowest BCUT2D eigenvalue weighted by atomic mass is 9.97. The molecule has 2 aromatic rings. The van der Waals surface area contributed by atoms with Crippen LogP contribution in [0.15, 0.2) is 29.1 Å². The molecule has 2 N–H and O–H groups in total. The molecule has 1 aromatic heterocycles. The maximum atomic E-state index is 11.8. The van der Waals surface area contributed by atoms with Gasteiger partial charge in [-0.3, -0.25) is 4.79 Å². The molecule has 0 spiro atoms. The zero-order valence-electron chi connectivity index (χ0n) is 11.0. The van der Waals surface area contributed by atoms with Crippen molar-refractivity contribution in [2.24, 2.45) is 5.92 Å². The summed E-state index contributed by atoms with van der Waals surface area (Å²) in [6, 6.07) is 7.65. The molecular formula is C15H19NO2. The molecule has 0 aliphatic rings. The Morgan fingerprint density at radius 3 is 2.61 bits per heavy atom. The number of hydrogen-bond donors (Lipinski definition) is 2. The van der Waals surface area contributed by atoms with Crippen molar-refractivity contribution < 1.29 is 5.11 Å². The van der Waals surface area contributed by atoms with Gasteiger partial charge in [0.05, 0.1) is 6.10 Å². The van der Waals surface area contributed by atoms with Crippen LogP contribution in [-0.2, 0) is 6.42 Å². The van der Waals surface area contributed by atoms with Gasteiger partial charge in [-0.15, -0.1) is 0 Å². The monoisotopic (exact) mass is 245 g/mol. The predicted molar refractivity (Wildman–Crippen MR) is 73.7 cm³/mol. The largest absolute Gasteiger partial charge is 0.388 e. The summed E-state index contributed by atoms with van der Waals surface area (Å²) in [5.74, 6) is 0.157. The molecule has 1 heterocycles. The van der Waals surface area contributed by atoms with Crippen LogP contribution in [0.25, 0.3) is 10.9 Å². The second-order valence-corrected chi connectivity index (χ2v) is 5.01. The molecule has 2 rings (SSSR count). The summed E-state index contributed by atoms with van der Waals surface area (Å²) in [4.78, 5) is 14.6. The molecular weight excluding hydrogens is 226 g/mol. The first-order chi connectivity index (χ1) is 8.52. The van der Waals surface area contributed by atoms with Crippen molar-refractivity contribution in [3.05, 3.63) is 45.7 Å². The number of aromatic amines is 1. The molecule has 3 nitrogen and oxygen atoms in total. The smallest absolute Gasteiger partial charge is 0.251 e. The number of benzene rings is 1. The molecule has 1 atom stereocenters. The zero-order chi connectivity index (χ0) is 13.3. The fourth-order valence-electron chi connectivity index (χ4n) is 2.10. The fourth-order valence-corrected chi connectivity index (χ4v) is 2.10. The van der Waals surface area contributed by atoms with Crippen LogP contribution in [0.5, 0.6) is 0 Å². The van der Waals surface area contributed by atoms with E-state index in [4.69, 9.17) is 0 Å². The summed E-state index contributed by atoms with van der Waals surface area (Å²) < 4.78 is 0. The standard InChI is InChI=1S/C15H19NO2/c1-4-10-7-11-5-6-12(14(17)9(2)3)8-13(11)16-15(10)18/h5-9,14,17H,4H2,1-3H3,(H,16,18). The third kappa shape index (κ3) is 2.31. The van der Waals surface area contributed by atoms with E-state index < -0.39 is 6.10 Å². The van der Waals surface area contributed by atoms with Crippen molar-refractivity contribution in [2.45, 2.75) is 33.3 Å². The molecule has 0 saturated heterocycles. The van der Waals surface area contributed by atoms with Gasteiger partial charge in [0.1, 0.15) is 0 Å². The van der Waals surface area contributed by atoms with Gasteiger partial charge < -0.3 is 10.1 Å². The molecule has 0 bridgehead atoms. The molecule has 18 heavy (non-hydrogen) atoms. The number of fused-ring (bicyclic) bond motifs is 1. The Labute approximate surface area is 106 Å². The highest BCUT2D eigenvalue weighted by atomic mass is 16.3. The lowest BCUT2D eigenvalue weighted by Crippen LogP contribution is -2.12. The van der Waals surface area contributed by atoms with E-state index in [0.29, 0.717) is 0 Å². The first kappa shape index (κ1) is 12.8. The lowest BCUT2D eigenvalue weighted by molar-refractivity contribution is 0.127. The summed E-state index contributed by atoms with van der Waals surface area (Å²) in [7, 11) is 0. The van der Waals surface area contributed by atoms with Crippen molar-refractivity contribution in [3.8, 4) is 0 Å². The molecule has 1 aromatic carbocycles. The van der Waals surface area contributed by atoms with E-state index in [0.717, 1.165) is 28.5 Å². The second-order valence-electron chi connectivity index (χ2n) is 5.01. The van der Waals surface area contributed by atoms with Crippen LogP contribution in [0.1, 0.15) is 38.0 Å². The molecule has 96 valence electrons. The van der Waals surface area contributed by atoms with Gasteiger partial charge in [-0.05, 0) is 35.4 Å². The third-order valence-electron chi connectivity index (χ3n) is 3.30. The minimum Gasteiger partial charge on any atom is -0.388 e. The number of nitrogens with one attached hydrogen (secondary N) is 1. The van der Waals surface area contributed by atoms with Crippen LogP contribution in [-0.4, -0.2) is 10.1 Å². The van der Waals surface area contributed by atoms with Gasteiger partial charge >= 0.3 is 0 Å². The van der Waals surface area contributed by atoms with E-state index in [1.807, 2.05) is 45.0 Å². The number of aliphatic hydroxyl groups is 1. The van der Waals surface area contributed by atoms with Crippen LogP contribution in [0.3, 0.4) is 0 Å². The summed E-state index contributed by atoms with van der Waals surface area (Å²) in [5.41, 5.74) is 2.38. The Morgan fingerprint density at radius 1 is 1.28 bits per heavy atom. The summed E-state index contributed by atoms with van der Waals surface area (Å²) in [6.07, 6.45) is 0.227. The Hall–Kier alpha value is -1.61. The normalized spacial score (nSPS) is 13.2. The second kappa shape index (κ2) is 4.94. The first-order valence-electron chi connectivity index (χ1n) is 6.37. The summed E-state index contributed by atoms with van der Waals surface area (Å²) in [5, 5.41) is 11.0. The zero-order valence-corrected chi connectivity index (χ0v) is 11.0. The molecule has 0 saturated carbocycles. The topological polar surface area (TPSA) is 53.1 Å². The predicted octanol–water partition coefficient (Wildman–Crippen LogP) is 2.78. The minimum absolute atomic E-state index is 0.0406. The van der Waals surface area contributed by atoms with E-state index in [-0.39, 0.29) is 11.5 Å². The van der Waals surface area contributed by atoms with E-state index in [1.165, 1.54) is 0 Å². The SMILES string of the molecule is CCc1cc2ccc(C(O)C(C)C)cc2[nH]c1=O. The van der Waals surface area contributed by atoms with Crippen molar-refractivity contribution in [3.63, 3.8) is 0 Å². The molecule has 1 unspecified atom stereocenters. The van der Waals surface area contributed by atoms with E-state index in [2.05, 4.69) is 4.98 Å². The van der Waals surface area contributed by atoms with Crippen molar-refractivity contribution >= 4 is 10.9 Å². The number of H-pyrrole nitrogens is 1. The van der Waals surface area contributed by atoms with Gasteiger partial charge in [-0.2, -0.15) is 0 Å². The maximum absolute atomic E-state index is 11.8. The Morgan fingerprint density at radius 2 is 2.00 bits per heavy atom. The van der Waals surface area contributed by atoms with Gasteiger partial charge in [0.25, 0.3) is 5.56 Å². The van der Waals surface area contributed by atoms with Crippen LogP contribution in [0, 0.1) is 5.92 Å². The highest BCUT2D eigenvalue weighted by molar-refractivity contribution is 5.79. The average molecular weight is 245 g/mol. The Bertz CT molecular complexity index is 613. The van der Waals surface area contributed by atoms with Crippen molar-refractivity contribution in [1.82, 2.24) is 4.98 Å². The molecule has 0 aliphatic carbocycles. The third-order valence-corrected chi connectivity index (χ3v) is 3.30. The molecule has 0 radical (unpaired) electrons. The van der Waals surface area contributed by atoms with Crippen LogP contribution in [0.2, 0.25) is 0 Å². The van der Waals surface area contributed by atoms with Crippen molar-refractivity contribution in [1.29, 1.82) is 0 Å². The Balaban J connectivity index is 2.56. The number of aromatic nitrogens is 1. The van der Waals surface area contributed by atoms with Crippen LogP contribution >= 0.6 is 0 Å². The van der Waals surface area contributed by atoms with Gasteiger partial charge in [0, 0.05) is 11.1 Å². The number of aliphatic hydroxyl groups excluding tert-OH is 1. The van der Waals surface area contributed by atoms with Gasteiger partial charge in [0.2, 0.25) is 0 Å². The fraction of sp³-hybridized carbons (Fsp3) is 0.400. The highest BCUT2D eigenvalue weighted by Gasteiger charge is 2.12. The summed E-state index contributed by atoms with van der Waals surface area (Å²) in [6.45, 7) is 5.91. The van der Waals surface area contributed by atoms with Crippen LogP contribution in [0.4, 0.5) is 0 Å². The van der Waals surface area contributed by atoms with E-state index >= 15 is 0 Å². The minimum atomic E-state index is -0.497. The van der Waals surface area contributed by atoms with E-state index in [1.54, 1.807) is 0 Å². The number of aryl methyl sites for hydroxylation is 1.